The molecule has 0 aliphatic carbocycles. The minimum absolute atomic E-state index is 0.0201. The van der Waals surface area contributed by atoms with Crippen molar-refractivity contribution in [2.75, 3.05) is 33.9 Å². The Balaban J connectivity index is 1.56. The van der Waals surface area contributed by atoms with Gasteiger partial charge in [0.1, 0.15) is 12.4 Å². The molecule has 5 nitrogen and oxygen atoms in total. The molecule has 0 bridgehead atoms. The molecule has 0 atom stereocenters. The van der Waals surface area contributed by atoms with E-state index in [1.54, 1.807) is 19.1 Å². The van der Waals surface area contributed by atoms with Crippen LogP contribution in [0.25, 0.3) is 0 Å². The number of nitrogens with zero attached hydrogens (tertiary/aromatic N) is 1. The van der Waals surface area contributed by atoms with E-state index in [1.807, 2.05) is 42.5 Å². The number of hydrogen-bond acceptors (Lipinski definition) is 4. The second-order valence-corrected chi connectivity index (χ2v) is 5.65. The Morgan fingerprint density at radius 3 is 2.79 bits per heavy atom. The van der Waals surface area contributed by atoms with Crippen LogP contribution >= 0.6 is 0 Å². The molecule has 0 aromatic heterocycles. The molecule has 3 rings (SSSR count). The number of para-hydroxylation sites is 2. The van der Waals surface area contributed by atoms with Crippen LogP contribution in [0.1, 0.15) is 15.9 Å². The smallest absolute Gasteiger partial charge is 0.253 e. The predicted molar refractivity (Wildman–Crippen MR) is 91.1 cm³/mol. The van der Waals surface area contributed by atoms with E-state index in [1.165, 1.54) is 0 Å². The molecule has 0 saturated heterocycles. The van der Waals surface area contributed by atoms with Crippen molar-refractivity contribution in [3.63, 3.8) is 0 Å². The zero-order chi connectivity index (χ0) is 16.9. The SMILES string of the molecule is COc1ccccc1OCCN(C)C(=O)c1ccc2c(c1)CCO2. The van der Waals surface area contributed by atoms with Crippen molar-refractivity contribution in [3.05, 3.63) is 53.6 Å². The van der Waals surface area contributed by atoms with Gasteiger partial charge < -0.3 is 19.1 Å². The van der Waals surface area contributed by atoms with Crippen molar-refractivity contribution >= 4 is 5.91 Å². The Labute approximate surface area is 141 Å². The summed E-state index contributed by atoms with van der Waals surface area (Å²) in [5.74, 6) is 2.22. The first-order valence-corrected chi connectivity index (χ1v) is 7.96. The number of likely N-dealkylation sites (N-methyl/N-ethyl adjacent to an activating group) is 1. The Morgan fingerprint density at radius 2 is 2.00 bits per heavy atom. The Hall–Kier alpha value is -2.69. The highest BCUT2D eigenvalue weighted by atomic mass is 16.5. The summed E-state index contributed by atoms with van der Waals surface area (Å²) in [4.78, 5) is 14.2. The third kappa shape index (κ3) is 3.45. The molecule has 1 aliphatic heterocycles. The number of ether oxygens (including phenoxy) is 3. The summed E-state index contributed by atoms with van der Waals surface area (Å²) >= 11 is 0. The van der Waals surface area contributed by atoms with Crippen molar-refractivity contribution in [1.29, 1.82) is 0 Å². The van der Waals surface area contributed by atoms with Gasteiger partial charge in [-0.3, -0.25) is 4.79 Å². The lowest BCUT2D eigenvalue weighted by atomic mass is 10.1. The van der Waals surface area contributed by atoms with E-state index in [0.29, 0.717) is 36.8 Å². The lowest BCUT2D eigenvalue weighted by Crippen LogP contribution is -2.30. The summed E-state index contributed by atoms with van der Waals surface area (Å²) in [6.07, 6.45) is 0.858. The third-order valence-electron chi connectivity index (χ3n) is 4.04. The van der Waals surface area contributed by atoms with Gasteiger partial charge >= 0.3 is 0 Å². The maximum Gasteiger partial charge on any atom is 0.253 e. The molecule has 24 heavy (non-hydrogen) atoms. The first-order valence-electron chi connectivity index (χ1n) is 7.96. The highest BCUT2D eigenvalue weighted by Gasteiger charge is 2.17. The van der Waals surface area contributed by atoms with Gasteiger partial charge in [0.05, 0.1) is 20.3 Å². The lowest BCUT2D eigenvalue weighted by Gasteiger charge is -2.18. The van der Waals surface area contributed by atoms with Gasteiger partial charge in [0.25, 0.3) is 5.91 Å². The quantitative estimate of drug-likeness (QED) is 0.818. The number of carbonyl (C=O) groups is 1. The van der Waals surface area contributed by atoms with Crippen molar-refractivity contribution in [2.45, 2.75) is 6.42 Å². The van der Waals surface area contributed by atoms with Gasteiger partial charge in [0, 0.05) is 19.0 Å². The fourth-order valence-electron chi connectivity index (χ4n) is 2.67. The van der Waals surface area contributed by atoms with Crippen molar-refractivity contribution < 1.29 is 19.0 Å². The van der Waals surface area contributed by atoms with Crippen LogP contribution in [0.3, 0.4) is 0 Å². The molecule has 126 valence electrons. The summed E-state index contributed by atoms with van der Waals surface area (Å²) in [7, 11) is 3.38. The van der Waals surface area contributed by atoms with Gasteiger partial charge in [0.2, 0.25) is 0 Å². The highest BCUT2D eigenvalue weighted by Crippen LogP contribution is 2.27. The zero-order valence-electron chi connectivity index (χ0n) is 14.0. The third-order valence-corrected chi connectivity index (χ3v) is 4.04. The molecule has 0 unspecified atom stereocenters. The highest BCUT2D eigenvalue weighted by molar-refractivity contribution is 5.94. The number of hydrogen-bond donors (Lipinski definition) is 0. The van der Waals surface area contributed by atoms with Crippen LogP contribution < -0.4 is 14.2 Å². The minimum atomic E-state index is -0.0201. The van der Waals surface area contributed by atoms with Crippen molar-refractivity contribution in [2.24, 2.45) is 0 Å². The van der Waals surface area contributed by atoms with Crippen LogP contribution in [0.15, 0.2) is 42.5 Å². The molecule has 0 spiro atoms. The largest absolute Gasteiger partial charge is 0.493 e. The molecule has 0 radical (unpaired) electrons. The van der Waals surface area contributed by atoms with Crippen LogP contribution in [0, 0.1) is 0 Å². The van der Waals surface area contributed by atoms with Gasteiger partial charge in [-0.25, -0.2) is 0 Å². The van der Waals surface area contributed by atoms with Crippen molar-refractivity contribution in [3.8, 4) is 17.2 Å². The maximum atomic E-state index is 12.5. The second kappa shape index (κ2) is 7.25. The fourth-order valence-corrected chi connectivity index (χ4v) is 2.67. The predicted octanol–water partition coefficient (Wildman–Crippen LogP) is 2.78. The normalized spacial score (nSPS) is 12.2. The molecule has 1 heterocycles. The van der Waals surface area contributed by atoms with E-state index in [2.05, 4.69) is 0 Å². The van der Waals surface area contributed by atoms with Gasteiger partial charge in [-0.05, 0) is 35.9 Å². The van der Waals surface area contributed by atoms with E-state index in [4.69, 9.17) is 14.2 Å². The van der Waals surface area contributed by atoms with Crippen LogP contribution in [-0.4, -0.2) is 44.7 Å². The van der Waals surface area contributed by atoms with E-state index >= 15 is 0 Å². The molecule has 2 aromatic rings. The number of amides is 1. The van der Waals surface area contributed by atoms with Gasteiger partial charge in [-0.1, -0.05) is 12.1 Å². The number of rotatable bonds is 6. The monoisotopic (exact) mass is 327 g/mol. The zero-order valence-corrected chi connectivity index (χ0v) is 14.0. The van der Waals surface area contributed by atoms with Crippen LogP contribution in [0.5, 0.6) is 17.2 Å². The fraction of sp³-hybridized carbons (Fsp3) is 0.316. The summed E-state index contributed by atoms with van der Waals surface area (Å²) in [6, 6.07) is 13.1. The molecule has 0 saturated carbocycles. The molecule has 2 aromatic carbocycles. The number of carbonyl (C=O) groups excluding carboxylic acids is 1. The first kappa shape index (κ1) is 16.2. The van der Waals surface area contributed by atoms with Crippen LogP contribution in [0.2, 0.25) is 0 Å². The van der Waals surface area contributed by atoms with E-state index in [-0.39, 0.29) is 5.91 Å². The summed E-state index contributed by atoms with van der Waals surface area (Å²) in [6.45, 7) is 1.58. The Morgan fingerprint density at radius 1 is 1.21 bits per heavy atom. The van der Waals surface area contributed by atoms with Gasteiger partial charge in [0.15, 0.2) is 11.5 Å². The average Bonchev–Trinajstić information content (AvgIpc) is 3.09. The van der Waals surface area contributed by atoms with E-state index < -0.39 is 0 Å². The second-order valence-electron chi connectivity index (χ2n) is 5.65. The molecular formula is C19H21NO4. The van der Waals surface area contributed by atoms with Gasteiger partial charge in [-0.2, -0.15) is 0 Å². The summed E-state index contributed by atoms with van der Waals surface area (Å²) < 4.78 is 16.4. The number of benzene rings is 2. The summed E-state index contributed by atoms with van der Waals surface area (Å²) in [5.41, 5.74) is 1.78. The molecule has 0 N–H and O–H groups in total. The molecule has 1 amide bonds. The standard InChI is InChI=1S/C19H21NO4/c1-20(10-12-24-18-6-4-3-5-17(18)22-2)19(21)15-7-8-16-14(13-15)9-11-23-16/h3-8,13H,9-12H2,1-2H3. The number of fused-ring (bicyclic) bond motifs is 1. The Kier molecular flexibility index (Phi) is 4.89. The molecule has 1 aliphatic rings. The molecule has 0 fully saturated rings. The van der Waals surface area contributed by atoms with Crippen molar-refractivity contribution in [1.82, 2.24) is 4.90 Å². The molecule has 5 heteroatoms. The van der Waals surface area contributed by atoms with Gasteiger partial charge in [-0.15, -0.1) is 0 Å². The minimum Gasteiger partial charge on any atom is -0.493 e. The van der Waals surface area contributed by atoms with E-state index in [9.17, 15) is 4.79 Å². The molecular weight excluding hydrogens is 306 g/mol. The lowest BCUT2D eigenvalue weighted by molar-refractivity contribution is 0.0773. The van der Waals surface area contributed by atoms with Crippen LogP contribution in [-0.2, 0) is 6.42 Å². The first-order chi connectivity index (χ1) is 11.7. The average molecular weight is 327 g/mol. The maximum absolute atomic E-state index is 12.5. The number of methoxy groups -OCH3 is 1. The summed E-state index contributed by atoms with van der Waals surface area (Å²) in [5, 5.41) is 0. The Bertz CT molecular complexity index is 729. The topological polar surface area (TPSA) is 48.0 Å². The van der Waals surface area contributed by atoms with E-state index in [0.717, 1.165) is 17.7 Å². The van der Waals surface area contributed by atoms with Crippen LogP contribution in [0.4, 0.5) is 0 Å².